The van der Waals surface area contributed by atoms with Crippen LogP contribution in [0, 0.1) is 17.6 Å². The second kappa shape index (κ2) is 7.45. The lowest BCUT2D eigenvalue weighted by Gasteiger charge is -2.32. The molecule has 0 bridgehead atoms. The van der Waals surface area contributed by atoms with Crippen LogP contribution in [-0.2, 0) is 10.0 Å². The first-order valence-electron chi connectivity index (χ1n) is 8.07. The Hall–Kier alpha value is -2.06. The number of hydrogen-bond donors (Lipinski definition) is 1. The Morgan fingerprint density at radius 1 is 1.08 bits per heavy atom. The van der Waals surface area contributed by atoms with Crippen LogP contribution in [0.15, 0.2) is 47.5 Å². The highest BCUT2D eigenvalue weighted by Gasteiger charge is 2.26. The van der Waals surface area contributed by atoms with Gasteiger partial charge in [0.15, 0.2) is 4.90 Å². The van der Waals surface area contributed by atoms with Crippen LogP contribution in [0.25, 0.3) is 0 Å². The third-order valence-corrected chi connectivity index (χ3v) is 5.81. The lowest BCUT2D eigenvalue weighted by molar-refractivity contribution is 0.399. The molecule has 1 aromatic heterocycles. The molecule has 2 heterocycles. The summed E-state index contributed by atoms with van der Waals surface area (Å²) < 4.78 is 54.1. The van der Waals surface area contributed by atoms with E-state index in [1.54, 1.807) is 6.20 Å². The van der Waals surface area contributed by atoms with E-state index in [-0.39, 0.29) is 12.5 Å². The summed E-state index contributed by atoms with van der Waals surface area (Å²) in [6.45, 7) is 1.68. The molecule has 5 nitrogen and oxygen atoms in total. The zero-order valence-electron chi connectivity index (χ0n) is 13.5. The van der Waals surface area contributed by atoms with Crippen LogP contribution < -0.4 is 9.62 Å². The van der Waals surface area contributed by atoms with Crippen molar-refractivity contribution in [2.75, 3.05) is 24.5 Å². The van der Waals surface area contributed by atoms with Gasteiger partial charge >= 0.3 is 0 Å². The van der Waals surface area contributed by atoms with Crippen LogP contribution in [0.2, 0.25) is 0 Å². The molecule has 1 saturated heterocycles. The number of halogens is 2. The van der Waals surface area contributed by atoms with E-state index in [0.29, 0.717) is 0 Å². The van der Waals surface area contributed by atoms with Crippen LogP contribution in [0.3, 0.4) is 0 Å². The molecule has 0 saturated carbocycles. The van der Waals surface area contributed by atoms with Gasteiger partial charge in [0.1, 0.15) is 17.5 Å². The van der Waals surface area contributed by atoms with Crippen LogP contribution in [0.1, 0.15) is 12.8 Å². The normalized spacial score (nSPS) is 16.2. The SMILES string of the molecule is O=S(=O)(NCC1CCN(c2ccccn2)CC1)c1c(F)cccc1F. The van der Waals surface area contributed by atoms with Crippen molar-refractivity contribution in [2.45, 2.75) is 17.7 Å². The highest BCUT2D eigenvalue weighted by atomic mass is 32.2. The minimum Gasteiger partial charge on any atom is -0.357 e. The van der Waals surface area contributed by atoms with E-state index in [4.69, 9.17) is 0 Å². The van der Waals surface area contributed by atoms with Crippen molar-refractivity contribution in [3.8, 4) is 0 Å². The molecule has 0 spiro atoms. The van der Waals surface area contributed by atoms with Crippen molar-refractivity contribution in [1.29, 1.82) is 0 Å². The van der Waals surface area contributed by atoms with Crippen molar-refractivity contribution in [1.82, 2.24) is 9.71 Å². The van der Waals surface area contributed by atoms with Gasteiger partial charge in [-0.3, -0.25) is 0 Å². The predicted octanol–water partition coefficient (Wildman–Crippen LogP) is 2.55. The van der Waals surface area contributed by atoms with Crippen LogP contribution >= 0.6 is 0 Å². The molecule has 134 valence electrons. The third-order valence-electron chi connectivity index (χ3n) is 4.34. The number of rotatable bonds is 5. The van der Waals surface area contributed by atoms with E-state index in [9.17, 15) is 17.2 Å². The highest BCUT2D eigenvalue weighted by molar-refractivity contribution is 7.89. The van der Waals surface area contributed by atoms with Crippen molar-refractivity contribution < 1.29 is 17.2 Å². The molecule has 1 fully saturated rings. The van der Waals surface area contributed by atoms with E-state index >= 15 is 0 Å². The Morgan fingerprint density at radius 3 is 2.36 bits per heavy atom. The van der Waals surface area contributed by atoms with E-state index in [1.165, 1.54) is 0 Å². The zero-order valence-corrected chi connectivity index (χ0v) is 14.3. The number of nitrogens with one attached hydrogen (secondary N) is 1. The van der Waals surface area contributed by atoms with Gasteiger partial charge < -0.3 is 4.90 Å². The van der Waals surface area contributed by atoms with Crippen LogP contribution in [0.4, 0.5) is 14.6 Å². The molecule has 0 radical (unpaired) electrons. The number of benzene rings is 1. The molecule has 0 atom stereocenters. The summed E-state index contributed by atoms with van der Waals surface area (Å²) in [7, 11) is -4.21. The Morgan fingerprint density at radius 2 is 1.76 bits per heavy atom. The Bertz CT molecular complexity index is 803. The lowest BCUT2D eigenvalue weighted by atomic mass is 9.97. The summed E-state index contributed by atoms with van der Waals surface area (Å²) in [6, 6.07) is 8.71. The zero-order chi connectivity index (χ0) is 17.9. The average Bonchev–Trinajstić information content (AvgIpc) is 2.61. The van der Waals surface area contributed by atoms with Crippen LogP contribution in [0.5, 0.6) is 0 Å². The summed E-state index contributed by atoms with van der Waals surface area (Å²) in [4.78, 5) is 5.53. The monoisotopic (exact) mass is 367 g/mol. The van der Waals surface area contributed by atoms with E-state index in [2.05, 4.69) is 14.6 Å². The Kier molecular flexibility index (Phi) is 5.29. The molecule has 25 heavy (non-hydrogen) atoms. The fourth-order valence-electron chi connectivity index (χ4n) is 2.95. The second-order valence-electron chi connectivity index (χ2n) is 6.02. The molecule has 1 N–H and O–H groups in total. The van der Waals surface area contributed by atoms with E-state index < -0.39 is 26.6 Å². The molecule has 2 aromatic rings. The van der Waals surface area contributed by atoms with Gasteiger partial charge in [0.2, 0.25) is 10.0 Å². The first-order valence-corrected chi connectivity index (χ1v) is 9.55. The van der Waals surface area contributed by atoms with Crippen molar-refractivity contribution in [2.24, 2.45) is 5.92 Å². The van der Waals surface area contributed by atoms with Gasteiger partial charge in [-0.1, -0.05) is 12.1 Å². The maximum absolute atomic E-state index is 13.7. The molecule has 0 amide bonds. The first-order chi connectivity index (χ1) is 12.0. The third kappa shape index (κ3) is 4.13. The topological polar surface area (TPSA) is 62.3 Å². The van der Waals surface area contributed by atoms with E-state index in [1.807, 2.05) is 18.2 Å². The number of nitrogens with zero attached hydrogens (tertiary/aromatic N) is 2. The molecule has 1 aromatic carbocycles. The second-order valence-corrected chi connectivity index (χ2v) is 7.72. The van der Waals surface area contributed by atoms with Crippen molar-refractivity contribution in [3.63, 3.8) is 0 Å². The summed E-state index contributed by atoms with van der Waals surface area (Å²) in [6.07, 6.45) is 3.29. The summed E-state index contributed by atoms with van der Waals surface area (Å²) in [5.74, 6) is -1.16. The predicted molar refractivity (Wildman–Crippen MR) is 90.7 cm³/mol. The van der Waals surface area contributed by atoms with Gasteiger partial charge in [0.05, 0.1) is 0 Å². The lowest BCUT2D eigenvalue weighted by Crippen LogP contribution is -2.39. The molecule has 0 unspecified atom stereocenters. The van der Waals surface area contributed by atoms with Crippen LogP contribution in [-0.4, -0.2) is 33.0 Å². The summed E-state index contributed by atoms with van der Waals surface area (Å²) >= 11 is 0. The molecule has 1 aliphatic heterocycles. The first kappa shape index (κ1) is 17.8. The van der Waals surface area contributed by atoms with Gasteiger partial charge in [-0.05, 0) is 43.0 Å². The van der Waals surface area contributed by atoms with Crippen molar-refractivity contribution >= 4 is 15.8 Å². The number of sulfonamides is 1. The maximum atomic E-state index is 13.7. The highest BCUT2D eigenvalue weighted by Crippen LogP contribution is 2.22. The van der Waals surface area contributed by atoms with Gasteiger partial charge in [-0.15, -0.1) is 0 Å². The molecule has 1 aliphatic rings. The number of anilines is 1. The average molecular weight is 367 g/mol. The Labute approximate surface area is 145 Å². The van der Waals surface area contributed by atoms with Gasteiger partial charge in [-0.2, -0.15) is 0 Å². The fourth-order valence-corrected chi connectivity index (χ4v) is 4.19. The largest absolute Gasteiger partial charge is 0.357 e. The molecule has 8 heteroatoms. The summed E-state index contributed by atoms with van der Waals surface area (Å²) in [5.41, 5.74) is 0. The number of piperidine rings is 1. The fraction of sp³-hybridized carbons (Fsp3) is 0.353. The summed E-state index contributed by atoms with van der Waals surface area (Å²) in [5, 5.41) is 0. The number of aromatic nitrogens is 1. The van der Waals surface area contributed by atoms with Gasteiger partial charge in [0, 0.05) is 25.8 Å². The number of pyridine rings is 1. The molecular weight excluding hydrogens is 348 g/mol. The number of hydrogen-bond acceptors (Lipinski definition) is 4. The minimum absolute atomic E-state index is 0.115. The van der Waals surface area contributed by atoms with E-state index in [0.717, 1.165) is 49.9 Å². The van der Waals surface area contributed by atoms with Gasteiger partial charge in [0.25, 0.3) is 0 Å². The van der Waals surface area contributed by atoms with Crippen molar-refractivity contribution in [3.05, 3.63) is 54.2 Å². The molecular formula is C17H19F2N3O2S. The Balaban J connectivity index is 1.58. The van der Waals surface area contributed by atoms with Gasteiger partial charge in [-0.25, -0.2) is 26.9 Å². The minimum atomic E-state index is -4.21. The quantitative estimate of drug-likeness (QED) is 0.882. The smallest absolute Gasteiger partial charge is 0.246 e. The standard InChI is InChI=1S/C17H19F2N3O2S/c18-14-4-3-5-15(19)17(14)25(23,24)21-12-13-7-10-22(11-8-13)16-6-1-2-9-20-16/h1-6,9,13,21H,7-8,10-12H2. The maximum Gasteiger partial charge on any atom is 0.246 e. The molecule has 0 aliphatic carbocycles. The molecule has 3 rings (SSSR count).